The first-order chi connectivity index (χ1) is 14.5. The molecule has 1 aliphatic rings. The number of urea groups is 1. The van der Waals surface area contributed by atoms with Gasteiger partial charge in [-0.15, -0.1) is 0 Å². The first kappa shape index (κ1) is 19.8. The molecule has 1 aromatic heterocycles. The van der Waals surface area contributed by atoms with Crippen LogP contribution in [0.25, 0.3) is 5.69 Å². The molecule has 0 fully saturated rings. The fourth-order valence-electron chi connectivity index (χ4n) is 3.49. The van der Waals surface area contributed by atoms with E-state index in [1.54, 1.807) is 6.20 Å². The molecule has 7 nitrogen and oxygen atoms in total. The standard InChI is InChI=1S/C23H26N4O3/c1-15-8-10-18(11-9-15)27-17(3)20(13-25-27)16(2)26-23(28)24-12-19-14-29-21-6-4-5-7-22(21)30-19/h4-11,13,16,19H,12,14H2,1-3H3,(H2,24,26,28). The average Bonchev–Trinajstić information content (AvgIpc) is 3.14. The van der Waals surface area contributed by atoms with Crippen molar-refractivity contribution in [2.45, 2.75) is 32.9 Å². The lowest BCUT2D eigenvalue weighted by atomic mass is 10.1. The molecule has 1 aliphatic heterocycles. The van der Waals surface area contributed by atoms with Crippen molar-refractivity contribution in [2.24, 2.45) is 0 Å². The largest absolute Gasteiger partial charge is 0.486 e. The highest BCUT2D eigenvalue weighted by Crippen LogP contribution is 2.30. The number of carbonyl (C=O) groups excluding carboxylic acids is 1. The molecule has 156 valence electrons. The number of para-hydroxylation sites is 2. The zero-order chi connectivity index (χ0) is 21.1. The average molecular weight is 406 g/mol. The highest BCUT2D eigenvalue weighted by Gasteiger charge is 2.22. The third-order valence-corrected chi connectivity index (χ3v) is 5.20. The van der Waals surface area contributed by atoms with E-state index in [0.29, 0.717) is 18.9 Å². The number of fused-ring (bicyclic) bond motifs is 1. The van der Waals surface area contributed by atoms with Crippen LogP contribution in [0, 0.1) is 13.8 Å². The fourth-order valence-corrected chi connectivity index (χ4v) is 3.49. The minimum Gasteiger partial charge on any atom is -0.486 e. The van der Waals surface area contributed by atoms with E-state index in [0.717, 1.165) is 22.7 Å². The number of nitrogens with one attached hydrogen (secondary N) is 2. The predicted molar refractivity (Wildman–Crippen MR) is 114 cm³/mol. The number of ether oxygens (including phenoxy) is 2. The summed E-state index contributed by atoms with van der Waals surface area (Å²) in [5.41, 5.74) is 4.16. The van der Waals surface area contributed by atoms with Crippen LogP contribution >= 0.6 is 0 Å². The molecular formula is C23H26N4O3. The Morgan fingerprint density at radius 2 is 1.90 bits per heavy atom. The van der Waals surface area contributed by atoms with Crippen LogP contribution in [0.15, 0.2) is 54.7 Å². The van der Waals surface area contributed by atoms with E-state index in [9.17, 15) is 4.79 Å². The van der Waals surface area contributed by atoms with Gasteiger partial charge in [0.1, 0.15) is 6.61 Å². The van der Waals surface area contributed by atoms with E-state index < -0.39 is 0 Å². The maximum Gasteiger partial charge on any atom is 0.315 e. The van der Waals surface area contributed by atoms with Crippen LogP contribution in [-0.4, -0.2) is 35.1 Å². The lowest BCUT2D eigenvalue weighted by Gasteiger charge is -2.26. The molecule has 2 atom stereocenters. The molecule has 0 aliphatic carbocycles. The van der Waals surface area contributed by atoms with E-state index in [1.807, 2.05) is 54.9 Å². The Kier molecular flexibility index (Phi) is 5.61. The molecule has 2 amide bonds. The number of hydrogen-bond acceptors (Lipinski definition) is 4. The van der Waals surface area contributed by atoms with Gasteiger partial charge < -0.3 is 20.1 Å². The van der Waals surface area contributed by atoms with Gasteiger partial charge in [-0.3, -0.25) is 0 Å². The topological polar surface area (TPSA) is 77.4 Å². The summed E-state index contributed by atoms with van der Waals surface area (Å²) in [5, 5.41) is 10.3. The molecule has 2 heterocycles. The van der Waals surface area contributed by atoms with Gasteiger partial charge in [-0.25, -0.2) is 9.48 Å². The number of benzene rings is 2. The molecule has 0 saturated carbocycles. The van der Waals surface area contributed by atoms with Gasteiger partial charge in [-0.05, 0) is 45.0 Å². The van der Waals surface area contributed by atoms with Crippen molar-refractivity contribution in [3.8, 4) is 17.2 Å². The molecule has 2 unspecified atom stereocenters. The van der Waals surface area contributed by atoms with Gasteiger partial charge in [-0.1, -0.05) is 29.8 Å². The summed E-state index contributed by atoms with van der Waals surface area (Å²) in [7, 11) is 0. The molecule has 4 rings (SSSR count). The van der Waals surface area contributed by atoms with Crippen LogP contribution in [-0.2, 0) is 0 Å². The number of aryl methyl sites for hydroxylation is 1. The first-order valence-electron chi connectivity index (χ1n) is 10.1. The van der Waals surface area contributed by atoms with Crippen molar-refractivity contribution >= 4 is 6.03 Å². The third-order valence-electron chi connectivity index (χ3n) is 5.20. The SMILES string of the molecule is Cc1ccc(-n2ncc(C(C)NC(=O)NCC3COc4ccccc4O3)c2C)cc1. The molecule has 2 aromatic carbocycles. The zero-order valence-electron chi connectivity index (χ0n) is 17.4. The number of hydrogen-bond donors (Lipinski definition) is 2. The summed E-state index contributed by atoms with van der Waals surface area (Å²) >= 11 is 0. The molecule has 0 saturated heterocycles. The summed E-state index contributed by atoms with van der Waals surface area (Å²) in [6.45, 7) is 6.76. The molecule has 30 heavy (non-hydrogen) atoms. The number of nitrogens with zero attached hydrogens (tertiary/aromatic N) is 2. The lowest BCUT2D eigenvalue weighted by molar-refractivity contribution is 0.0917. The molecule has 7 heteroatoms. The van der Waals surface area contributed by atoms with Gasteiger partial charge in [0.05, 0.1) is 24.5 Å². The highest BCUT2D eigenvalue weighted by molar-refractivity contribution is 5.74. The van der Waals surface area contributed by atoms with Gasteiger partial charge in [0, 0.05) is 11.3 Å². The van der Waals surface area contributed by atoms with E-state index >= 15 is 0 Å². The van der Waals surface area contributed by atoms with Gasteiger partial charge in [-0.2, -0.15) is 5.10 Å². The Labute approximate surface area is 176 Å². The summed E-state index contributed by atoms with van der Waals surface area (Å²) in [4.78, 5) is 12.4. The van der Waals surface area contributed by atoms with E-state index in [1.165, 1.54) is 5.56 Å². The van der Waals surface area contributed by atoms with E-state index in [4.69, 9.17) is 9.47 Å². The van der Waals surface area contributed by atoms with Crippen LogP contribution in [0.3, 0.4) is 0 Å². The Hall–Kier alpha value is -3.48. The summed E-state index contributed by atoms with van der Waals surface area (Å²) in [6.07, 6.45) is 1.57. The minimum absolute atomic E-state index is 0.187. The van der Waals surface area contributed by atoms with Crippen molar-refractivity contribution in [3.63, 3.8) is 0 Å². The predicted octanol–water partition coefficient (Wildman–Crippen LogP) is 3.69. The molecule has 0 bridgehead atoms. The Balaban J connectivity index is 1.32. The highest BCUT2D eigenvalue weighted by atomic mass is 16.6. The molecular weight excluding hydrogens is 380 g/mol. The van der Waals surface area contributed by atoms with Crippen molar-refractivity contribution < 1.29 is 14.3 Å². The van der Waals surface area contributed by atoms with Crippen LogP contribution in [0.2, 0.25) is 0 Å². The number of aromatic nitrogens is 2. The van der Waals surface area contributed by atoms with Gasteiger partial charge >= 0.3 is 6.03 Å². The van der Waals surface area contributed by atoms with Crippen molar-refractivity contribution in [3.05, 3.63) is 71.5 Å². The smallest absolute Gasteiger partial charge is 0.315 e. The molecule has 2 N–H and O–H groups in total. The van der Waals surface area contributed by atoms with Gasteiger partial charge in [0.25, 0.3) is 0 Å². The fraction of sp³-hybridized carbons (Fsp3) is 0.304. The minimum atomic E-state index is -0.257. The van der Waals surface area contributed by atoms with Crippen molar-refractivity contribution in [2.75, 3.05) is 13.2 Å². The second-order valence-electron chi connectivity index (χ2n) is 7.51. The second-order valence-corrected chi connectivity index (χ2v) is 7.51. The maximum absolute atomic E-state index is 12.4. The Bertz CT molecular complexity index is 1030. The molecule has 0 radical (unpaired) electrons. The maximum atomic E-state index is 12.4. The first-order valence-corrected chi connectivity index (χ1v) is 10.1. The molecule has 0 spiro atoms. The Morgan fingerprint density at radius 3 is 2.67 bits per heavy atom. The quantitative estimate of drug-likeness (QED) is 0.678. The monoisotopic (exact) mass is 406 g/mol. The van der Waals surface area contributed by atoms with Crippen LogP contribution in [0.1, 0.15) is 29.8 Å². The summed E-state index contributed by atoms with van der Waals surface area (Å²) < 4.78 is 13.4. The van der Waals surface area contributed by atoms with Crippen LogP contribution < -0.4 is 20.1 Å². The van der Waals surface area contributed by atoms with Crippen LogP contribution in [0.4, 0.5) is 4.79 Å². The third kappa shape index (κ3) is 4.25. The zero-order valence-corrected chi connectivity index (χ0v) is 17.4. The van der Waals surface area contributed by atoms with Gasteiger partial charge in [0.2, 0.25) is 0 Å². The summed E-state index contributed by atoms with van der Waals surface area (Å²) in [6, 6.07) is 15.3. The van der Waals surface area contributed by atoms with Crippen LogP contribution in [0.5, 0.6) is 11.5 Å². The summed E-state index contributed by atoms with van der Waals surface area (Å²) in [5.74, 6) is 1.43. The number of amides is 2. The second kappa shape index (κ2) is 8.49. The van der Waals surface area contributed by atoms with Crippen molar-refractivity contribution in [1.82, 2.24) is 20.4 Å². The van der Waals surface area contributed by atoms with E-state index in [2.05, 4.69) is 34.8 Å². The number of rotatable bonds is 5. The molecule has 3 aromatic rings. The number of carbonyl (C=O) groups is 1. The van der Waals surface area contributed by atoms with Gasteiger partial charge in [0.15, 0.2) is 17.6 Å². The Morgan fingerprint density at radius 1 is 1.17 bits per heavy atom. The normalized spacial score (nSPS) is 16.0. The lowest BCUT2D eigenvalue weighted by Crippen LogP contribution is -2.45. The van der Waals surface area contributed by atoms with Crippen molar-refractivity contribution in [1.29, 1.82) is 0 Å². The van der Waals surface area contributed by atoms with E-state index in [-0.39, 0.29) is 18.2 Å².